The highest BCUT2D eigenvalue weighted by Gasteiger charge is 2.35. The number of nitrogens with zero attached hydrogens (tertiary/aromatic N) is 1. The molecular weight excluding hydrogens is 294 g/mol. The van der Waals surface area contributed by atoms with E-state index in [9.17, 15) is 18.4 Å². The van der Waals surface area contributed by atoms with Crippen LogP contribution in [0.15, 0.2) is 18.2 Å². The molecule has 0 atom stereocenters. The van der Waals surface area contributed by atoms with Crippen molar-refractivity contribution in [2.75, 3.05) is 13.1 Å². The van der Waals surface area contributed by atoms with Gasteiger partial charge in [0.15, 0.2) is 0 Å². The van der Waals surface area contributed by atoms with Gasteiger partial charge in [-0.15, -0.1) is 0 Å². The zero-order valence-electron chi connectivity index (χ0n) is 12.2. The van der Waals surface area contributed by atoms with E-state index in [1.807, 2.05) is 6.92 Å². The zero-order chi connectivity index (χ0) is 16.3. The fraction of sp³-hybridized carbons (Fsp3) is 0.467. The van der Waals surface area contributed by atoms with Crippen molar-refractivity contribution < 1.29 is 23.5 Å². The molecule has 2 rings (SSSR count). The van der Waals surface area contributed by atoms with Crippen molar-refractivity contribution >= 4 is 11.9 Å². The lowest BCUT2D eigenvalue weighted by atomic mass is 9.85. The van der Waals surface area contributed by atoms with Crippen LogP contribution in [0.4, 0.5) is 8.78 Å². The molecule has 1 fully saturated rings. The number of nitrogens with one attached hydrogen (secondary N) is 1. The molecule has 120 valence electrons. The first kappa shape index (κ1) is 16.4. The summed E-state index contributed by atoms with van der Waals surface area (Å²) in [7, 11) is 0. The van der Waals surface area contributed by atoms with Crippen LogP contribution in [-0.2, 0) is 4.79 Å². The number of aliphatic carboxylic acids is 1. The predicted octanol–water partition coefficient (Wildman–Crippen LogP) is 1.63. The summed E-state index contributed by atoms with van der Waals surface area (Å²) >= 11 is 0. The lowest BCUT2D eigenvalue weighted by Gasteiger charge is -2.42. The summed E-state index contributed by atoms with van der Waals surface area (Å²) in [4.78, 5) is 24.5. The van der Waals surface area contributed by atoms with Crippen molar-refractivity contribution in [1.29, 1.82) is 0 Å². The highest BCUT2D eigenvalue weighted by atomic mass is 19.1. The molecule has 0 radical (unpaired) electrons. The summed E-state index contributed by atoms with van der Waals surface area (Å²) < 4.78 is 27.0. The molecule has 1 aromatic rings. The fourth-order valence-corrected chi connectivity index (χ4v) is 2.65. The Bertz CT molecular complexity index is 554. The third-order valence-corrected chi connectivity index (χ3v) is 3.90. The number of amides is 1. The van der Waals surface area contributed by atoms with Crippen LogP contribution in [0.5, 0.6) is 0 Å². The third kappa shape index (κ3) is 3.59. The van der Waals surface area contributed by atoms with Gasteiger partial charge in [0.05, 0.1) is 6.54 Å². The highest BCUT2D eigenvalue weighted by Crippen LogP contribution is 2.26. The van der Waals surface area contributed by atoms with Gasteiger partial charge in [-0.2, -0.15) is 0 Å². The van der Waals surface area contributed by atoms with E-state index >= 15 is 0 Å². The minimum atomic E-state index is -0.900. The van der Waals surface area contributed by atoms with Crippen molar-refractivity contribution in [3.63, 3.8) is 0 Å². The van der Waals surface area contributed by atoms with E-state index in [4.69, 9.17) is 5.11 Å². The van der Waals surface area contributed by atoms with Gasteiger partial charge in [0.2, 0.25) is 0 Å². The van der Waals surface area contributed by atoms with E-state index in [1.54, 1.807) is 4.90 Å². The monoisotopic (exact) mass is 312 g/mol. The molecule has 7 heteroatoms. The quantitative estimate of drug-likeness (QED) is 0.838. The van der Waals surface area contributed by atoms with Crippen molar-refractivity contribution in [3.8, 4) is 0 Å². The second-order valence-electron chi connectivity index (χ2n) is 5.35. The average molecular weight is 312 g/mol. The van der Waals surface area contributed by atoms with E-state index in [2.05, 4.69) is 5.32 Å². The van der Waals surface area contributed by atoms with E-state index in [1.165, 1.54) is 6.07 Å². The Morgan fingerprint density at radius 2 is 1.91 bits per heavy atom. The molecule has 1 aliphatic carbocycles. The number of benzene rings is 1. The molecule has 0 spiro atoms. The van der Waals surface area contributed by atoms with Gasteiger partial charge < -0.3 is 10.4 Å². The summed E-state index contributed by atoms with van der Waals surface area (Å²) in [5.41, 5.74) is -0.580. The summed E-state index contributed by atoms with van der Waals surface area (Å²) in [6.45, 7) is 2.41. The fourth-order valence-electron chi connectivity index (χ4n) is 2.65. The van der Waals surface area contributed by atoms with Gasteiger partial charge in [-0.25, -0.2) is 8.78 Å². The Hall–Kier alpha value is -2.02. The smallest absolute Gasteiger partial charge is 0.317 e. The summed E-state index contributed by atoms with van der Waals surface area (Å²) in [5, 5.41) is 11.4. The largest absolute Gasteiger partial charge is 0.480 e. The first-order chi connectivity index (χ1) is 10.4. The molecule has 1 amide bonds. The minimum Gasteiger partial charge on any atom is -0.480 e. The molecule has 0 heterocycles. The van der Waals surface area contributed by atoms with Gasteiger partial charge in [-0.05, 0) is 31.5 Å². The lowest BCUT2D eigenvalue weighted by molar-refractivity contribution is -0.139. The number of carboxylic acid groups (broad SMARTS) is 1. The predicted molar refractivity (Wildman–Crippen MR) is 75.5 cm³/mol. The Balaban J connectivity index is 1.90. The van der Waals surface area contributed by atoms with Crippen molar-refractivity contribution in [1.82, 2.24) is 10.2 Å². The lowest BCUT2D eigenvalue weighted by Crippen LogP contribution is -2.55. The second-order valence-corrected chi connectivity index (χ2v) is 5.35. The molecule has 1 aliphatic rings. The van der Waals surface area contributed by atoms with Crippen LogP contribution < -0.4 is 5.32 Å². The highest BCUT2D eigenvalue weighted by molar-refractivity contribution is 5.95. The number of likely N-dealkylation sites (N-methyl/N-ethyl adjacent to an activating group) is 1. The van der Waals surface area contributed by atoms with Crippen molar-refractivity contribution in [3.05, 3.63) is 35.4 Å². The molecule has 0 bridgehead atoms. The topological polar surface area (TPSA) is 69.6 Å². The molecule has 2 N–H and O–H groups in total. The van der Waals surface area contributed by atoms with Crippen LogP contribution in [0.2, 0.25) is 0 Å². The SMILES string of the molecule is CCN(CC(=O)O)C1CC(NC(=O)c2c(F)cccc2F)C1. The average Bonchev–Trinajstić information content (AvgIpc) is 2.39. The number of carboxylic acids is 1. The van der Waals surface area contributed by atoms with Crippen LogP contribution in [0, 0.1) is 11.6 Å². The molecular formula is C15H18F2N2O3. The third-order valence-electron chi connectivity index (χ3n) is 3.90. The van der Waals surface area contributed by atoms with Gasteiger partial charge in [-0.1, -0.05) is 13.0 Å². The maximum absolute atomic E-state index is 13.5. The number of hydrogen-bond donors (Lipinski definition) is 2. The van der Waals surface area contributed by atoms with Crippen LogP contribution in [-0.4, -0.2) is 47.1 Å². The molecule has 22 heavy (non-hydrogen) atoms. The molecule has 0 saturated heterocycles. The standard InChI is InChI=1S/C15H18F2N2O3/c1-2-19(8-13(20)21)10-6-9(7-10)18-15(22)14-11(16)4-3-5-12(14)17/h3-5,9-10H,2,6-8H2,1H3,(H,18,22)(H,20,21). The summed E-state index contributed by atoms with van der Waals surface area (Å²) in [6, 6.07) is 3.14. The molecule has 5 nitrogen and oxygen atoms in total. The van der Waals surface area contributed by atoms with E-state index in [-0.39, 0.29) is 18.6 Å². The normalized spacial score (nSPS) is 20.5. The molecule has 0 aliphatic heterocycles. The zero-order valence-corrected chi connectivity index (χ0v) is 12.2. The first-order valence-electron chi connectivity index (χ1n) is 7.13. The number of halogens is 2. The van der Waals surface area contributed by atoms with Crippen LogP contribution >= 0.6 is 0 Å². The Kier molecular flexibility index (Phi) is 5.07. The molecule has 1 aromatic carbocycles. The van der Waals surface area contributed by atoms with Crippen molar-refractivity contribution in [2.45, 2.75) is 31.8 Å². The van der Waals surface area contributed by atoms with Gasteiger partial charge in [0, 0.05) is 12.1 Å². The van der Waals surface area contributed by atoms with Gasteiger partial charge in [0.25, 0.3) is 5.91 Å². The van der Waals surface area contributed by atoms with Gasteiger partial charge >= 0.3 is 5.97 Å². The molecule has 0 aromatic heterocycles. The number of carbonyl (C=O) groups is 2. The van der Waals surface area contributed by atoms with Gasteiger partial charge in [0.1, 0.15) is 17.2 Å². The van der Waals surface area contributed by atoms with Crippen LogP contribution in [0.1, 0.15) is 30.1 Å². The van der Waals surface area contributed by atoms with E-state index in [0.717, 1.165) is 12.1 Å². The maximum Gasteiger partial charge on any atom is 0.317 e. The Morgan fingerprint density at radius 1 is 1.32 bits per heavy atom. The molecule has 0 unspecified atom stereocenters. The van der Waals surface area contributed by atoms with Gasteiger partial charge in [-0.3, -0.25) is 14.5 Å². The van der Waals surface area contributed by atoms with Crippen molar-refractivity contribution in [2.24, 2.45) is 0 Å². The first-order valence-corrected chi connectivity index (χ1v) is 7.13. The molecule has 1 saturated carbocycles. The van der Waals surface area contributed by atoms with E-state index < -0.39 is 29.1 Å². The number of hydrogen-bond acceptors (Lipinski definition) is 3. The summed E-state index contributed by atoms with van der Waals surface area (Å²) in [6.07, 6.45) is 1.14. The van der Waals surface area contributed by atoms with Crippen LogP contribution in [0.3, 0.4) is 0 Å². The Labute approximate surface area is 126 Å². The Morgan fingerprint density at radius 3 is 2.41 bits per heavy atom. The van der Waals surface area contributed by atoms with Crippen LogP contribution in [0.25, 0.3) is 0 Å². The number of carbonyl (C=O) groups excluding carboxylic acids is 1. The minimum absolute atomic E-state index is 0.0518. The number of rotatable bonds is 6. The van der Waals surface area contributed by atoms with E-state index in [0.29, 0.717) is 19.4 Å². The maximum atomic E-state index is 13.5. The second kappa shape index (κ2) is 6.83. The summed E-state index contributed by atoms with van der Waals surface area (Å²) in [5.74, 6) is -3.47.